The zero-order valence-corrected chi connectivity index (χ0v) is 15.8. The summed E-state index contributed by atoms with van der Waals surface area (Å²) in [6.45, 7) is 3.47. The van der Waals surface area contributed by atoms with E-state index in [0.29, 0.717) is 12.2 Å². The maximum Gasteiger partial charge on any atom is 0.173 e. The molecule has 0 bridgehead atoms. The number of unbranched alkanes of at least 4 members (excludes halogenated alkanes) is 2. The minimum absolute atomic E-state index is 0.0356. The number of aliphatic hydroxyl groups is 2. The Labute approximate surface area is 155 Å². The van der Waals surface area contributed by atoms with Gasteiger partial charge in [0.15, 0.2) is 11.6 Å². The molecule has 0 heterocycles. The Morgan fingerprint density at radius 2 is 1.96 bits per heavy atom. The number of carbonyl (C=O) groups excluding carboxylic acids is 2. The van der Waals surface area contributed by atoms with Gasteiger partial charge in [-0.25, -0.2) is 0 Å². The van der Waals surface area contributed by atoms with Crippen LogP contribution in [0.15, 0.2) is 23.8 Å². The maximum absolute atomic E-state index is 12.6. The van der Waals surface area contributed by atoms with Gasteiger partial charge in [-0.3, -0.25) is 9.59 Å². The fourth-order valence-corrected chi connectivity index (χ4v) is 2.59. The van der Waals surface area contributed by atoms with Gasteiger partial charge in [0.05, 0.1) is 31.8 Å². The van der Waals surface area contributed by atoms with Crippen molar-refractivity contribution in [3.8, 4) is 5.75 Å². The van der Waals surface area contributed by atoms with E-state index in [1.807, 2.05) is 26.0 Å². The number of hydrogen-bond donors (Lipinski definition) is 2. The number of ether oxygens (including phenoxy) is 1. The molecule has 0 saturated heterocycles. The summed E-state index contributed by atoms with van der Waals surface area (Å²) < 4.78 is 5.22. The highest BCUT2D eigenvalue weighted by Gasteiger charge is 2.21. The molecule has 1 rings (SSSR count). The quantitative estimate of drug-likeness (QED) is 0.259. The smallest absolute Gasteiger partial charge is 0.173 e. The lowest BCUT2D eigenvalue weighted by Crippen LogP contribution is -2.22. The van der Waals surface area contributed by atoms with Crippen LogP contribution in [0.1, 0.15) is 50.7 Å². The molecule has 1 unspecified atom stereocenters. The van der Waals surface area contributed by atoms with Crippen molar-refractivity contribution in [1.29, 1.82) is 0 Å². The number of benzene rings is 1. The highest BCUT2D eigenvalue weighted by molar-refractivity contribution is 6.26. The van der Waals surface area contributed by atoms with Crippen LogP contribution in [0.2, 0.25) is 0 Å². The molecule has 5 heteroatoms. The first-order valence-corrected chi connectivity index (χ1v) is 9.06. The second-order valence-electron chi connectivity index (χ2n) is 6.14. The minimum atomic E-state index is -1.28. The van der Waals surface area contributed by atoms with Crippen molar-refractivity contribution in [1.82, 2.24) is 0 Å². The van der Waals surface area contributed by atoms with Gasteiger partial charge in [-0.2, -0.15) is 0 Å². The number of methoxy groups -OCH3 is 1. The third kappa shape index (κ3) is 6.73. The Balaban J connectivity index is 3.19. The van der Waals surface area contributed by atoms with Gasteiger partial charge in [-0.15, -0.1) is 0 Å². The van der Waals surface area contributed by atoms with Crippen molar-refractivity contribution >= 4 is 17.6 Å². The molecule has 0 spiro atoms. The molecule has 0 amide bonds. The molecule has 0 aliphatic rings. The van der Waals surface area contributed by atoms with E-state index in [9.17, 15) is 14.7 Å². The van der Waals surface area contributed by atoms with Crippen molar-refractivity contribution in [3.05, 3.63) is 41.3 Å². The Morgan fingerprint density at radius 3 is 2.54 bits per heavy atom. The van der Waals surface area contributed by atoms with Crippen LogP contribution in [0.5, 0.6) is 5.75 Å². The second kappa shape index (κ2) is 11.6. The van der Waals surface area contributed by atoms with Crippen LogP contribution >= 0.6 is 0 Å². The number of Topliss-reactive ketones (excluding diaryl/α,β-unsaturated/α-hetero) is 2. The van der Waals surface area contributed by atoms with E-state index in [4.69, 9.17) is 9.84 Å². The minimum Gasteiger partial charge on any atom is -0.497 e. The number of carbonyl (C=O) groups is 2. The van der Waals surface area contributed by atoms with Crippen LogP contribution in [-0.2, 0) is 16.0 Å². The predicted octanol–water partition coefficient (Wildman–Crippen LogP) is 2.92. The number of rotatable bonds is 12. The van der Waals surface area contributed by atoms with E-state index >= 15 is 0 Å². The van der Waals surface area contributed by atoms with E-state index in [0.717, 1.165) is 36.8 Å². The van der Waals surface area contributed by atoms with E-state index in [1.54, 1.807) is 19.3 Å². The third-order valence-electron chi connectivity index (χ3n) is 4.13. The van der Waals surface area contributed by atoms with Gasteiger partial charge in [-0.05, 0) is 42.2 Å². The molecule has 143 valence electrons. The number of allylic oxidation sites excluding steroid dienone is 1. The Bertz CT molecular complexity index is 633. The summed E-state index contributed by atoms with van der Waals surface area (Å²) >= 11 is 0. The normalized spacial score (nSPS) is 12.7. The largest absolute Gasteiger partial charge is 0.497 e. The fraction of sp³-hybridized carbons (Fsp3) is 0.476. The molecule has 0 aliphatic heterocycles. The monoisotopic (exact) mass is 361 g/mol. The zero-order valence-electron chi connectivity index (χ0n) is 15.8. The van der Waals surface area contributed by atoms with Gasteiger partial charge in [-0.1, -0.05) is 32.8 Å². The van der Waals surface area contributed by atoms with E-state index in [1.165, 1.54) is 0 Å². The molecule has 1 atom stereocenters. The topological polar surface area (TPSA) is 83.8 Å². The first-order chi connectivity index (χ1) is 12.5. The molecule has 0 fully saturated rings. The van der Waals surface area contributed by atoms with Crippen LogP contribution in [-0.4, -0.2) is 41.6 Å². The van der Waals surface area contributed by atoms with Crippen molar-refractivity contribution < 1.29 is 24.5 Å². The van der Waals surface area contributed by atoms with Gasteiger partial charge < -0.3 is 14.9 Å². The van der Waals surface area contributed by atoms with Crippen molar-refractivity contribution in [3.63, 3.8) is 0 Å². The molecular weight excluding hydrogens is 332 g/mol. The number of hydrogen-bond acceptors (Lipinski definition) is 5. The first-order valence-electron chi connectivity index (χ1n) is 9.06. The molecule has 26 heavy (non-hydrogen) atoms. The summed E-state index contributed by atoms with van der Waals surface area (Å²) in [6.07, 6.45) is 4.90. The highest BCUT2D eigenvalue weighted by atomic mass is 16.5. The first kappa shape index (κ1) is 22.1. The SMILES string of the molecule is CCCCCC(=O)C(=Cc1ccc(OC)cc1CC)C(=O)[CH]C(O)CO. The van der Waals surface area contributed by atoms with Gasteiger partial charge in [0, 0.05) is 6.42 Å². The van der Waals surface area contributed by atoms with Crippen LogP contribution < -0.4 is 4.74 Å². The number of aliphatic hydroxyl groups excluding tert-OH is 2. The van der Waals surface area contributed by atoms with Crippen molar-refractivity contribution in [2.45, 2.75) is 52.1 Å². The average Bonchev–Trinajstić information content (AvgIpc) is 2.65. The van der Waals surface area contributed by atoms with Crippen LogP contribution in [0, 0.1) is 6.42 Å². The molecule has 1 aromatic rings. The molecule has 2 N–H and O–H groups in total. The average molecular weight is 361 g/mol. The van der Waals surface area contributed by atoms with E-state index < -0.39 is 18.5 Å². The predicted molar refractivity (Wildman–Crippen MR) is 102 cm³/mol. The van der Waals surface area contributed by atoms with Crippen LogP contribution in [0.25, 0.3) is 6.08 Å². The van der Waals surface area contributed by atoms with Crippen molar-refractivity contribution in [2.24, 2.45) is 0 Å². The summed E-state index contributed by atoms with van der Waals surface area (Å²) in [6, 6.07) is 5.47. The molecular formula is C21H29O5. The Kier molecular flexibility index (Phi) is 9.84. The van der Waals surface area contributed by atoms with Crippen LogP contribution in [0.4, 0.5) is 0 Å². The van der Waals surface area contributed by atoms with E-state index in [-0.39, 0.29) is 17.8 Å². The standard InChI is InChI=1S/C21H29O5/c1-4-6-7-8-20(24)19(21(25)13-17(23)14-22)12-16-9-10-18(26-3)11-15(16)5-2/h9-13,17,22-23H,4-8,14H2,1-3H3. The molecule has 0 aliphatic carbocycles. The molecule has 1 radical (unpaired) electrons. The maximum atomic E-state index is 12.6. The van der Waals surface area contributed by atoms with Gasteiger partial charge in [0.25, 0.3) is 0 Å². The van der Waals surface area contributed by atoms with Gasteiger partial charge >= 0.3 is 0 Å². The Morgan fingerprint density at radius 1 is 1.23 bits per heavy atom. The lowest BCUT2D eigenvalue weighted by atomic mass is 9.94. The molecule has 0 saturated carbocycles. The van der Waals surface area contributed by atoms with Gasteiger partial charge in [0.2, 0.25) is 0 Å². The van der Waals surface area contributed by atoms with Crippen molar-refractivity contribution in [2.75, 3.05) is 13.7 Å². The summed E-state index contributed by atoms with van der Waals surface area (Å²) in [4.78, 5) is 25.1. The summed E-state index contributed by atoms with van der Waals surface area (Å²) in [5, 5.41) is 18.5. The lowest BCUT2D eigenvalue weighted by Gasteiger charge is -2.11. The molecule has 0 aromatic heterocycles. The zero-order chi connectivity index (χ0) is 19.5. The molecule has 1 aromatic carbocycles. The van der Waals surface area contributed by atoms with Crippen LogP contribution in [0.3, 0.4) is 0 Å². The third-order valence-corrected chi connectivity index (χ3v) is 4.13. The summed E-state index contributed by atoms with van der Waals surface area (Å²) in [7, 11) is 1.59. The molecule has 5 nitrogen and oxygen atoms in total. The number of ketones is 2. The Hall–Kier alpha value is -1.98. The summed E-state index contributed by atoms with van der Waals surface area (Å²) in [5.41, 5.74) is 1.76. The fourth-order valence-electron chi connectivity index (χ4n) is 2.59. The second-order valence-corrected chi connectivity index (χ2v) is 6.14. The lowest BCUT2D eigenvalue weighted by molar-refractivity contribution is -0.120. The highest BCUT2D eigenvalue weighted by Crippen LogP contribution is 2.22. The summed E-state index contributed by atoms with van der Waals surface area (Å²) in [5.74, 6) is -0.1000. The van der Waals surface area contributed by atoms with Gasteiger partial charge in [0.1, 0.15) is 5.75 Å². The van der Waals surface area contributed by atoms with E-state index in [2.05, 4.69) is 0 Å². The number of aryl methyl sites for hydroxylation is 1.